The minimum Gasteiger partial charge on any atom is -0.495 e. The molecule has 1 aliphatic heterocycles. The standard InChI is InChI=1S/C18H17F2NO3/c1-23-15-10-4-6-12-7-5-11-21(16(12)15)17(22)13-8-2-3-9-14(13)24-18(19)20/h2-4,6,8-10,18H,5,7,11H2,1H3. The fourth-order valence-electron chi connectivity index (χ4n) is 2.97. The van der Waals surface area contributed by atoms with E-state index in [1.54, 1.807) is 30.2 Å². The summed E-state index contributed by atoms with van der Waals surface area (Å²) in [6, 6.07) is 11.6. The van der Waals surface area contributed by atoms with Crippen LogP contribution in [-0.2, 0) is 6.42 Å². The van der Waals surface area contributed by atoms with Crippen LogP contribution in [0.25, 0.3) is 0 Å². The van der Waals surface area contributed by atoms with Crippen molar-refractivity contribution in [2.24, 2.45) is 0 Å². The third-order valence-electron chi connectivity index (χ3n) is 3.98. The topological polar surface area (TPSA) is 38.8 Å². The Morgan fingerprint density at radius 2 is 1.88 bits per heavy atom. The second-order valence-corrected chi connectivity index (χ2v) is 5.40. The smallest absolute Gasteiger partial charge is 0.387 e. The van der Waals surface area contributed by atoms with Crippen molar-refractivity contribution in [3.8, 4) is 11.5 Å². The lowest BCUT2D eigenvalue weighted by molar-refractivity contribution is -0.0501. The third-order valence-corrected chi connectivity index (χ3v) is 3.98. The van der Waals surface area contributed by atoms with Crippen molar-refractivity contribution >= 4 is 11.6 Å². The molecule has 0 saturated carbocycles. The molecule has 0 aliphatic carbocycles. The minimum atomic E-state index is -2.98. The van der Waals surface area contributed by atoms with Crippen LogP contribution in [0.15, 0.2) is 42.5 Å². The quantitative estimate of drug-likeness (QED) is 0.852. The van der Waals surface area contributed by atoms with E-state index in [1.807, 2.05) is 12.1 Å². The molecule has 0 atom stereocenters. The highest BCUT2D eigenvalue weighted by atomic mass is 19.3. The van der Waals surface area contributed by atoms with E-state index in [2.05, 4.69) is 4.74 Å². The first-order valence-corrected chi connectivity index (χ1v) is 7.63. The normalized spacial score (nSPS) is 13.6. The number of fused-ring (bicyclic) bond motifs is 1. The molecule has 3 rings (SSSR count). The fourth-order valence-corrected chi connectivity index (χ4v) is 2.97. The summed E-state index contributed by atoms with van der Waals surface area (Å²) in [5, 5.41) is 0. The van der Waals surface area contributed by atoms with Gasteiger partial charge in [-0.15, -0.1) is 0 Å². The molecule has 126 valence electrons. The van der Waals surface area contributed by atoms with Crippen molar-refractivity contribution in [1.29, 1.82) is 0 Å². The Labute approximate surface area is 138 Å². The monoisotopic (exact) mass is 333 g/mol. The molecule has 0 N–H and O–H groups in total. The first-order chi connectivity index (χ1) is 11.6. The largest absolute Gasteiger partial charge is 0.495 e. The second kappa shape index (κ2) is 6.86. The molecule has 2 aromatic rings. The zero-order chi connectivity index (χ0) is 17.1. The highest BCUT2D eigenvalue weighted by Crippen LogP contribution is 2.37. The highest BCUT2D eigenvalue weighted by molar-refractivity contribution is 6.09. The number of aryl methyl sites for hydroxylation is 1. The average molecular weight is 333 g/mol. The molecule has 0 spiro atoms. The number of halogens is 2. The molecule has 0 fully saturated rings. The molecule has 2 aromatic carbocycles. The first-order valence-electron chi connectivity index (χ1n) is 7.63. The Bertz CT molecular complexity index is 735. The van der Waals surface area contributed by atoms with Gasteiger partial charge in [0.05, 0.1) is 18.4 Å². The number of rotatable bonds is 4. The number of carbonyl (C=O) groups is 1. The van der Waals surface area contributed by atoms with Crippen molar-refractivity contribution in [2.75, 3.05) is 18.6 Å². The van der Waals surface area contributed by atoms with Crippen molar-refractivity contribution in [1.82, 2.24) is 0 Å². The van der Waals surface area contributed by atoms with Crippen LogP contribution in [0.4, 0.5) is 14.5 Å². The molecule has 24 heavy (non-hydrogen) atoms. The summed E-state index contributed by atoms with van der Waals surface area (Å²) >= 11 is 0. The van der Waals surface area contributed by atoms with Crippen molar-refractivity contribution < 1.29 is 23.0 Å². The summed E-state index contributed by atoms with van der Waals surface area (Å²) in [6.07, 6.45) is 1.63. The zero-order valence-electron chi connectivity index (χ0n) is 13.2. The van der Waals surface area contributed by atoms with Crippen molar-refractivity contribution in [2.45, 2.75) is 19.5 Å². The molecule has 0 aromatic heterocycles. The van der Waals surface area contributed by atoms with E-state index in [0.717, 1.165) is 18.4 Å². The van der Waals surface area contributed by atoms with Gasteiger partial charge in [-0.1, -0.05) is 24.3 Å². The number of alkyl halides is 2. The average Bonchev–Trinajstić information content (AvgIpc) is 2.60. The number of ether oxygens (including phenoxy) is 2. The number of benzene rings is 2. The summed E-state index contributed by atoms with van der Waals surface area (Å²) in [6.45, 7) is -2.49. The Morgan fingerprint density at radius 3 is 2.62 bits per heavy atom. The van der Waals surface area contributed by atoms with E-state index >= 15 is 0 Å². The summed E-state index contributed by atoms with van der Waals surface area (Å²) < 4.78 is 35.1. The van der Waals surface area contributed by atoms with Gasteiger partial charge < -0.3 is 14.4 Å². The Kier molecular flexibility index (Phi) is 4.64. The van der Waals surface area contributed by atoms with E-state index in [9.17, 15) is 13.6 Å². The van der Waals surface area contributed by atoms with Gasteiger partial charge in [0.15, 0.2) is 0 Å². The van der Waals surface area contributed by atoms with E-state index in [1.165, 1.54) is 12.1 Å². The van der Waals surface area contributed by atoms with Gasteiger partial charge in [-0.2, -0.15) is 8.78 Å². The lowest BCUT2D eigenvalue weighted by Crippen LogP contribution is -2.36. The van der Waals surface area contributed by atoms with Gasteiger partial charge in [0.2, 0.25) is 0 Å². The first kappa shape index (κ1) is 16.2. The third kappa shape index (κ3) is 3.04. The maximum absolute atomic E-state index is 13.0. The van der Waals surface area contributed by atoms with Gasteiger partial charge >= 0.3 is 6.61 Å². The van der Waals surface area contributed by atoms with Gasteiger partial charge in [0.1, 0.15) is 11.5 Å². The van der Waals surface area contributed by atoms with E-state index in [4.69, 9.17) is 4.74 Å². The van der Waals surface area contributed by atoms with Gasteiger partial charge in [-0.05, 0) is 36.6 Å². The summed E-state index contributed by atoms with van der Waals surface area (Å²) in [5.74, 6) is 0.0871. The number of amides is 1. The molecule has 1 heterocycles. The maximum atomic E-state index is 13.0. The lowest BCUT2D eigenvalue weighted by atomic mass is 10.00. The molecule has 4 nitrogen and oxygen atoms in total. The Hall–Kier alpha value is -2.63. The Morgan fingerprint density at radius 1 is 1.12 bits per heavy atom. The number of para-hydroxylation sites is 2. The van der Waals surface area contributed by atoms with Crippen LogP contribution in [0, 0.1) is 0 Å². The van der Waals surface area contributed by atoms with Crippen LogP contribution in [0.1, 0.15) is 22.3 Å². The fraction of sp³-hybridized carbons (Fsp3) is 0.278. The van der Waals surface area contributed by atoms with Gasteiger partial charge in [0.25, 0.3) is 5.91 Å². The van der Waals surface area contributed by atoms with Crippen LogP contribution in [0.5, 0.6) is 11.5 Å². The predicted molar refractivity (Wildman–Crippen MR) is 86.1 cm³/mol. The molecule has 0 radical (unpaired) electrons. The van der Waals surface area contributed by atoms with Crippen LogP contribution in [0.2, 0.25) is 0 Å². The van der Waals surface area contributed by atoms with E-state index in [0.29, 0.717) is 18.0 Å². The van der Waals surface area contributed by atoms with E-state index < -0.39 is 6.61 Å². The minimum absolute atomic E-state index is 0.108. The van der Waals surface area contributed by atoms with Crippen LogP contribution in [-0.4, -0.2) is 26.2 Å². The van der Waals surface area contributed by atoms with Crippen molar-refractivity contribution in [3.63, 3.8) is 0 Å². The zero-order valence-corrected chi connectivity index (χ0v) is 13.2. The number of anilines is 1. The number of nitrogens with zero attached hydrogens (tertiary/aromatic N) is 1. The van der Waals surface area contributed by atoms with Crippen molar-refractivity contribution in [3.05, 3.63) is 53.6 Å². The molecule has 6 heteroatoms. The lowest BCUT2D eigenvalue weighted by Gasteiger charge is -2.31. The highest BCUT2D eigenvalue weighted by Gasteiger charge is 2.28. The molecule has 0 unspecified atom stereocenters. The van der Waals surface area contributed by atoms with Crippen LogP contribution >= 0.6 is 0 Å². The predicted octanol–water partition coefficient (Wildman–Crippen LogP) is 3.89. The van der Waals surface area contributed by atoms with Crippen LogP contribution in [0.3, 0.4) is 0 Å². The SMILES string of the molecule is COc1cccc2c1N(C(=O)c1ccccc1OC(F)F)CCC2. The van der Waals surface area contributed by atoms with E-state index in [-0.39, 0.29) is 17.2 Å². The van der Waals surface area contributed by atoms with Crippen LogP contribution < -0.4 is 14.4 Å². The summed E-state index contributed by atoms with van der Waals surface area (Å²) in [5.41, 5.74) is 1.81. The van der Waals surface area contributed by atoms with Gasteiger partial charge in [-0.3, -0.25) is 4.79 Å². The Balaban J connectivity index is 2.02. The van der Waals surface area contributed by atoms with Gasteiger partial charge in [-0.25, -0.2) is 0 Å². The number of carbonyl (C=O) groups excluding carboxylic acids is 1. The molecular formula is C18H17F2NO3. The molecule has 1 amide bonds. The molecule has 1 aliphatic rings. The molecular weight excluding hydrogens is 316 g/mol. The second-order valence-electron chi connectivity index (χ2n) is 5.40. The number of hydrogen-bond donors (Lipinski definition) is 0. The summed E-state index contributed by atoms with van der Waals surface area (Å²) in [4.78, 5) is 14.6. The number of hydrogen-bond acceptors (Lipinski definition) is 3. The molecule has 0 saturated heterocycles. The summed E-state index contributed by atoms with van der Waals surface area (Å²) in [7, 11) is 1.54. The van der Waals surface area contributed by atoms with Gasteiger partial charge in [0, 0.05) is 6.54 Å². The number of methoxy groups -OCH3 is 1. The maximum Gasteiger partial charge on any atom is 0.387 e. The molecule has 0 bridgehead atoms.